The van der Waals surface area contributed by atoms with Crippen molar-refractivity contribution in [1.29, 1.82) is 0 Å². The van der Waals surface area contributed by atoms with Crippen LogP contribution in [0.4, 0.5) is 0 Å². The summed E-state index contributed by atoms with van der Waals surface area (Å²) in [7, 11) is 0. The van der Waals surface area contributed by atoms with Gasteiger partial charge < -0.3 is 19.5 Å². The highest BCUT2D eigenvalue weighted by Crippen LogP contribution is 2.30. The van der Waals surface area contributed by atoms with Crippen LogP contribution in [0.2, 0.25) is 0 Å². The van der Waals surface area contributed by atoms with Gasteiger partial charge in [0, 0.05) is 6.04 Å². The summed E-state index contributed by atoms with van der Waals surface area (Å²) in [4.78, 5) is 23.7. The number of fused-ring (bicyclic) bond motifs is 1. The van der Waals surface area contributed by atoms with E-state index in [1.54, 1.807) is 25.1 Å². The van der Waals surface area contributed by atoms with Crippen LogP contribution >= 0.6 is 0 Å². The van der Waals surface area contributed by atoms with Crippen molar-refractivity contribution in [2.75, 3.05) is 13.2 Å². The highest BCUT2D eigenvalue weighted by atomic mass is 16.6. The van der Waals surface area contributed by atoms with Crippen molar-refractivity contribution in [2.45, 2.75) is 38.3 Å². The van der Waals surface area contributed by atoms with Gasteiger partial charge in [-0.15, -0.1) is 0 Å². The van der Waals surface area contributed by atoms with Crippen molar-refractivity contribution in [3.63, 3.8) is 0 Å². The molecule has 118 valence electrons. The van der Waals surface area contributed by atoms with Gasteiger partial charge in [0.2, 0.25) is 0 Å². The summed E-state index contributed by atoms with van der Waals surface area (Å²) < 4.78 is 16.1. The predicted octanol–water partition coefficient (Wildman–Crippen LogP) is 1.21. The van der Waals surface area contributed by atoms with Crippen LogP contribution in [-0.4, -0.2) is 37.2 Å². The lowest BCUT2D eigenvalue weighted by atomic mass is 10.1. The molecule has 1 atom stereocenters. The molecular weight excluding hydrogens is 286 g/mol. The summed E-state index contributed by atoms with van der Waals surface area (Å²) in [5, 5.41) is 2.81. The SMILES string of the molecule is C[C@@H](OC(=O)Cc1ccc2c(c1)OCCO2)C(=O)NC1CC1. The molecule has 1 N–H and O–H groups in total. The molecular formula is C16H19NO5. The molecule has 1 aromatic carbocycles. The maximum absolute atomic E-state index is 11.9. The van der Waals surface area contributed by atoms with Crippen LogP contribution in [0.15, 0.2) is 18.2 Å². The van der Waals surface area contributed by atoms with Gasteiger partial charge in [-0.1, -0.05) is 6.07 Å². The van der Waals surface area contributed by atoms with Crippen molar-refractivity contribution < 1.29 is 23.8 Å². The first-order valence-electron chi connectivity index (χ1n) is 7.50. The highest BCUT2D eigenvalue weighted by Gasteiger charge is 2.27. The Hall–Kier alpha value is -2.24. The van der Waals surface area contributed by atoms with Crippen LogP contribution in [0.3, 0.4) is 0 Å². The van der Waals surface area contributed by atoms with Gasteiger partial charge in [0.05, 0.1) is 6.42 Å². The first-order valence-corrected chi connectivity index (χ1v) is 7.50. The lowest BCUT2D eigenvalue weighted by Crippen LogP contribution is -2.37. The number of esters is 1. The maximum atomic E-state index is 11.9. The number of carbonyl (C=O) groups excluding carboxylic acids is 2. The van der Waals surface area contributed by atoms with Crippen LogP contribution in [-0.2, 0) is 20.7 Å². The van der Waals surface area contributed by atoms with Crippen LogP contribution in [0, 0.1) is 0 Å². The second-order valence-corrected chi connectivity index (χ2v) is 5.57. The van der Waals surface area contributed by atoms with E-state index >= 15 is 0 Å². The molecule has 22 heavy (non-hydrogen) atoms. The first kappa shape index (κ1) is 14.7. The molecule has 1 aliphatic heterocycles. The Morgan fingerprint density at radius 2 is 2.00 bits per heavy atom. The van der Waals surface area contributed by atoms with Gasteiger partial charge in [0.25, 0.3) is 5.91 Å². The van der Waals surface area contributed by atoms with E-state index in [4.69, 9.17) is 14.2 Å². The van der Waals surface area contributed by atoms with E-state index in [1.165, 1.54) is 0 Å². The second-order valence-electron chi connectivity index (χ2n) is 5.57. The van der Waals surface area contributed by atoms with Crippen molar-refractivity contribution in [3.05, 3.63) is 23.8 Å². The zero-order chi connectivity index (χ0) is 15.5. The zero-order valence-electron chi connectivity index (χ0n) is 12.5. The van der Waals surface area contributed by atoms with E-state index in [2.05, 4.69) is 5.32 Å². The number of hydrogen-bond donors (Lipinski definition) is 1. The topological polar surface area (TPSA) is 73.9 Å². The van der Waals surface area contributed by atoms with Crippen LogP contribution in [0.1, 0.15) is 25.3 Å². The third-order valence-corrected chi connectivity index (χ3v) is 3.56. The molecule has 1 heterocycles. The minimum absolute atomic E-state index is 0.0949. The molecule has 3 rings (SSSR count). The van der Waals surface area contributed by atoms with E-state index in [1.807, 2.05) is 0 Å². The van der Waals surface area contributed by atoms with Gasteiger partial charge in [-0.3, -0.25) is 9.59 Å². The largest absolute Gasteiger partial charge is 0.486 e. The Kier molecular flexibility index (Phi) is 4.18. The Morgan fingerprint density at radius 3 is 2.73 bits per heavy atom. The fourth-order valence-electron chi connectivity index (χ4n) is 2.20. The van der Waals surface area contributed by atoms with Crippen LogP contribution < -0.4 is 14.8 Å². The normalized spacial score (nSPS) is 17.5. The molecule has 0 bridgehead atoms. The molecule has 1 aliphatic carbocycles. The Bertz CT molecular complexity index is 582. The maximum Gasteiger partial charge on any atom is 0.311 e. The van der Waals surface area contributed by atoms with Gasteiger partial charge >= 0.3 is 5.97 Å². The number of ether oxygens (including phenoxy) is 3. The Morgan fingerprint density at radius 1 is 1.27 bits per heavy atom. The second kappa shape index (κ2) is 6.25. The molecule has 1 aromatic rings. The molecule has 0 saturated heterocycles. The van der Waals surface area contributed by atoms with Gasteiger partial charge in [-0.05, 0) is 37.5 Å². The van der Waals surface area contributed by atoms with E-state index in [0.717, 1.165) is 18.4 Å². The molecule has 0 radical (unpaired) electrons. The third-order valence-electron chi connectivity index (χ3n) is 3.56. The average molecular weight is 305 g/mol. The summed E-state index contributed by atoms with van der Waals surface area (Å²) in [5.41, 5.74) is 0.768. The van der Waals surface area contributed by atoms with E-state index in [9.17, 15) is 9.59 Å². The molecule has 1 fully saturated rings. The van der Waals surface area contributed by atoms with Crippen molar-refractivity contribution >= 4 is 11.9 Å². The monoisotopic (exact) mass is 305 g/mol. The average Bonchev–Trinajstić information content (AvgIpc) is 3.31. The summed E-state index contributed by atoms with van der Waals surface area (Å²) in [5.74, 6) is 0.643. The van der Waals surface area contributed by atoms with Crippen LogP contribution in [0.25, 0.3) is 0 Å². The Labute approximate surface area is 128 Å². The number of nitrogens with one attached hydrogen (secondary N) is 1. The van der Waals surface area contributed by atoms with Crippen LogP contribution in [0.5, 0.6) is 11.5 Å². The standard InChI is InChI=1S/C16H19NO5/c1-10(16(19)17-12-3-4-12)22-15(18)9-11-2-5-13-14(8-11)21-7-6-20-13/h2,5,8,10,12H,3-4,6-7,9H2,1H3,(H,17,19)/t10-/m1/s1. The molecule has 1 saturated carbocycles. The highest BCUT2D eigenvalue weighted by molar-refractivity contribution is 5.84. The smallest absolute Gasteiger partial charge is 0.311 e. The van der Waals surface area contributed by atoms with Crippen molar-refractivity contribution in [2.24, 2.45) is 0 Å². The minimum atomic E-state index is -0.773. The molecule has 1 amide bonds. The number of amides is 1. The van der Waals surface area contributed by atoms with E-state index < -0.39 is 12.1 Å². The van der Waals surface area contributed by atoms with Crippen molar-refractivity contribution in [3.8, 4) is 11.5 Å². The summed E-state index contributed by atoms with van der Waals surface area (Å²) in [6.45, 7) is 2.61. The summed E-state index contributed by atoms with van der Waals surface area (Å²) in [6.07, 6.45) is 1.33. The minimum Gasteiger partial charge on any atom is -0.486 e. The lowest BCUT2D eigenvalue weighted by Gasteiger charge is -2.19. The van der Waals surface area contributed by atoms with Gasteiger partial charge in [-0.2, -0.15) is 0 Å². The predicted molar refractivity (Wildman–Crippen MR) is 77.9 cm³/mol. The fourth-order valence-corrected chi connectivity index (χ4v) is 2.20. The van der Waals surface area contributed by atoms with E-state index in [0.29, 0.717) is 24.7 Å². The molecule has 2 aliphatic rings. The van der Waals surface area contributed by atoms with Crippen molar-refractivity contribution in [1.82, 2.24) is 5.32 Å². The molecule has 0 aromatic heterocycles. The lowest BCUT2D eigenvalue weighted by molar-refractivity contribution is -0.154. The number of hydrogen-bond acceptors (Lipinski definition) is 5. The fraction of sp³-hybridized carbons (Fsp3) is 0.500. The van der Waals surface area contributed by atoms with E-state index in [-0.39, 0.29) is 18.4 Å². The third kappa shape index (κ3) is 3.69. The zero-order valence-corrected chi connectivity index (χ0v) is 12.5. The molecule has 0 unspecified atom stereocenters. The first-order chi connectivity index (χ1) is 10.6. The quantitative estimate of drug-likeness (QED) is 0.828. The van der Waals surface area contributed by atoms with Gasteiger partial charge in [0.15, 0.2) is 17.6 Å². The van der Waals surface area contributed by atoms with Gasteiger partial charge in [-0.25, -0.2) is 0 Å². The summed E-state index contributed by atoms with van der Waals surface area (Å²) >= 11 is 0. The number of carbonyl (C=O) groups is 2. The molecule has 6 heteroatoms. The Balaban J connectivity index is 1.53. The molecule has 6 nitrogen and oxygen atoms in total. The number of benzene rings is 1. The van der Waals surface area contributed by atoms with Gasteiger partial charge in [0.1, 0.15) is 13.2 Å². The summed E-state index contributed by atoms with van der Waals surface area (Å²) in [6, 6.07) is 5.60. The number of rotatable bonds is 5. The molecule has 0 spiro atoms.